The number of nitrogens with two attached hydrogens (primary N) is 1. The zero-order valence-electron chi connectivity index (χ0n) is 24.0. The number of carbonyl (C=O) groups is 1. The predicted octanol–water partition coefficient (Wildman–Crippen LogP) is 1.33. The molecule has 0 amide bonds. The van der Waals surface area contributed by atoms with E-state index in [4.69, 9.17) is 34.0 Å². The van der Waals surface area contributed by atoms with Crippen LogP contribution in [0.15, 0.2) is 104 Å². The Morgan fingerprint density at radius 3 is 1.76 bits per heavy atom. The summed E-state index contributed by atoms with van der Waals surface area (Å²) in [7, 11) is -4.60. The normalized spacial score (nSPS) is 11.5. The minimum atomic E-state index is -4.60. The van der Waals surface area contributed by atoms with Crippen molar-refractivity contribution in [2.75, 3.05) is 5.73 Å². The SMILES string of the molecule is Nc1ccc2cc(S(=O)(=O)O)cc([O-])c2c1N=Nc1ccc(-c2ccc(N=Nc3ccc([O-])c(C(=O)O)c3)cc2Cl)c(Cl)c1.[Na+].[Na+]. The summed E-state index contributed by atoms with van der Waals surface area (Å²) in [5, 5.41) is 50.5. The number of carboxylic acids is 1. The van der Waals surface area contributed by atoms with Crippen molar-refractivity contribution >= 4 is 78.5 Å². The van der Waals surface area contributed by atoms with E-state index in [1.54, 1.807) is 24.3 Å². The van der Waals surface area contributed by atoms with Gasteiger partial charge in [0.1, 0.15) is 5.69 Å². The van der Waals surface area contributed by atoms with Crippen LogP contribution in [0.25, 0.3) is 21.9 Å². The van der Waals surface area contributed by atoms with Crippen LogP contribution in [-0.2, 0) is 10.1 Å². The number of aromatic carboxylic acids is 1. The van der Waals surface area contributed by atoms with Crippen LogP contribution in [0, 0.1) is 0 Å². The van der Waals surface area contributed by atoms with E-state index in [1.807, 2.05) is 0 Å². The molecule has 0 radical (unpaired) electrons. The van der Waals surface area contributed by atoms with Crippen LogP contribution in [0.2, 0.25) is 10.0 Å². The molecule has 0 unspecified atom stereocenters. The van der Waals surface area contributed by atoms with Crippen molar-refractivity contribution in [1.82, 2.24) is 0 Å². The number of halogens is 2. The molecule has 0 saturated heterocycles. The molecule has 5 aromatic carbocycles. The summed E-state index contributed by atoms with van der Waals surface area (Å²) in [6, 6.07) is 17.9. The van der Waals surface area contributed by atoms with E-state index in [0.29, 0.717) is 22.5 Å². The molecule has 5 rings (SSSR count). The van der Waals surface area contributed by atoms with Gasteiger partial charge in [-0.15, -0.1) is 5.11 Å². The molecule has 0 saturated carbocycles. The number of hydrogen-bond donors (Lipinski definition) is 3. The second-order valence-corrected chi connectivity index (χ2v) is 11.4. The van der Waals surface area contributed by atoms with E-state index in [1.165, 1.54) is 30.3 Å². The van der Waals surface area contributed by atoms with E-state index in [2.05, 4.69) is 20.5 Å². The first kappa shape index (κ1) is 37.4. The van der Waals surface area contributed by atoms with Crippen LogP contribution in [-0.4, -0.2) is 24.0 Å². The molecule has 0 heterocycles. The maximum atomic E-state index is 12.7. The number of nitrogen functional groups attached to an aromatic ring is 1. The maximum absolute atomic E-state index is 12.7. The molecule has 0 aromatic heterocycles. The van der Waals surface area contributed by atoms with Crippen molar-refractivity contribution in [3.05, 3.63) is 94.5 Å². The van der Waals surface area contributed by atoms with Gasteiger partial charge in [0.2, 0.25) is 0 Å². The number of hydrogen-bond acceptors (Lipinski definition) is 10. The van der Waals surface area contributed by atoms with E-state index in [0.717, 1.165) is 24.3 Å². The van der Waals surface area contributed by atoms with Crippen LogP contribution in [0.4, 0.5) is 28.4 Å². The number of carboxylic acid groups (broad SMARTS) is 1. The van der Waals surface area contributed by atoms with Gasteiger partial charge in [0, 0.05) is 16.5 Å². The van der Waals surface area contributed by atoms with Crippen LogP contribution in [0.5, 0.6) is 11.5 Å². The molecule has 0 aliphatic rings. The Hall–Kier alpha value is -3.08. The fourth-order valence-corrected chi connectivity index (χ4v) is 5.28. The minimum absolute atomic E-state index is 0. The molecular weight excluding hydrogens is 679 g/mol. The predicted molar refractivity (Wildman–Crippen MR) is 161 cm³/mol. The Morgan fingerprint density at radius 2 is 1.24 bits per heavy atom. The summed E-state index contributed by atoms with van der Waals surface area (Å²) < 4.78 is 32.3. The molecule has 17 heteroatoms. The fourth-order valence-electron chi connectivity index (χ4n) is 4.19. The fraction of sp³-hybridized carbons (Fsp3) is 0. The van der Waals surface area contributed by atoms with Crippen LogP contribution >= 0.6 is 23.2 Å². The molecule has 0 aliphatic carbocycles. The van der Waals surface area contributed by atoms with Gasteiger partial charge in [-0.2, -0.15) is 23.8 Å². The van der Waals surface area contributed by atoms with Crippen LogP contribution in [0.3, 0.4) is 0 Å². The van der Waals surface area contributed by atoms with Crippen molar-refractivity contribution in [1.29, 1.82) is 0 Å². The number of rotatable bonds is 7. The third-order valence-corrected chi connectivity index (χ3v) is 7.75. The first-order valence-corrected chi connectivity index (χ1v) is 14.5. The first-order valence-electron chi connectivity index (χ1n) is 12.3. The first-order chi connectivity index (χ1) is 20.8. The zero-order valence-corrected chi connectivity index (χ0v) is 30.3. The van der Waals surface area contributed by atoms with Crippen molar-refractivity contribution in [2.24, 2.45) is 20.5 Å². The van der Waals surface area contributed by atoms with Gasteiger partial charge in [-0.1, -0.05) is 59.0 Å². The number of anilines is 1. The molecule has 0 spiro atoms. The molecule has 222 valence electrons. The minimum Gasteiger partial charge on any atom is -0.872 e. The third-order valence-electron chi connectivity index (χ3n) is 6.29. The Kier molecular flexibility index (Phi) is 12.4. The van der Waals surface area contributed by atoms with Gasteiger partial charge in [0.15, 0.2) is 0 Å². The van der Waals surface area contributed by atoms with Gasteiger partial charge in [-0.25, -0.2) is 4.79 Å². The summed E-state index contributed by atoms with van der Waals surface area (Å²) in [5.74, 6) is -2.72. The Bertz CT molecular complexity index is 2170. The molecule has 4 N–H and O–H groups in total. The quantitative estimate of drug-likeness (QED) is 0.0975. The monoisotopic (exact) mass is 695 g/mol. The van der Waals surface area contributed by atoms with Crippen molar-refractivity contribution in [3.8, 4) is 22.6 Å². The number of azo groups is 2. The van der Waals surface area contributed by atoms with E-state index < -0.39 is 38.0 Å². The summed E-state index contributed by atoms with van der Waals surface area (Å²) >= 11 is 13.0. The molecule has 0 bridgehead atoms. The van der Waals surface area contributed by atoms with Gasteiger partial charge < -0.3 is 21.1 Å². The Balaban J connectivity index is 0.00000288. The average molecular weight is 696 g/mol. The summed E-state index contributed by atoms with van der Waals surface area (Å²) in [6.45, 7) is 0. The molecule has 46 heavy (non-hydrogen) atoms. The summed E-state index contributed by atoms with van der Waals surface area (Å²) in [5.41, 5.74) is 7.71. The smallest absolute Gasteiger partial charge is 0.872 e. The second-order valence-electron chi connectivity index (χ2n) is 9.21. The largest absolute Gasteiger partial charge is 1.00 e. The molecule has 12 nitrogen and oxygen atoms in total. The molecular formula is C29H17Cl2N5Na2O7S. The van der Waals surface area contributed by atoms with Gasteiger partial charge in [-0.05, 0) is 60.0 Å². The van der Waals surface area contributed by atoms with E-state index in [9.17, 15) is 28.0 Å². The molecule has 0 atom stereocenters. The number of benzene rings is 5. The second kappa shape index (κ2) is 15.2. The standard InChI is InChI=1S/C29H19Cl2N5O7S.2Na/c30-22-11-16(34-33-15-4-8-25(37)21(10-15)29(39)40)2-5-19(22)20-6-3-17(12-23(20)31)35-36-28-24(32)7-1-14-9-18(44(41,42)43)13-26(38)27(14)28;;/h1-13,37-38H,32H2,(H,39,40)(H,41,42,43);;/q;2*+1/p-2. The van der Waals surface area contributed by atoms with Crippen molar-refractivity contribution in [2.45, 2.75) is 4.90 Å². The number of nitrogens with zero attached hydrogens (tertiary/aromatic N) is 4. The Morgan fingerprint density at radius 1 is 0.717 bits per heavy atom. The number of fused-ring (bicyclic) bond motifs is 1. The third kappa shape index (κ3) is 8.25. The zero-order chi connectivity index (χ0) is 31.8. The van der Waals surface area contributed by atoms with E-state index in [-0.39, 0.29) is 97.0 Å². The van der Waals surface area contributed by atoms with Crippen molar-refractivity contribution < 1.29 is 92.2 Å². The van der Waals surface area contributed by atoms with Gasteiger partial charge in [0.05, 0.1) is 43.3 Å². The summed E-state index contributed by atoms with van der Waals surface area (Å²) in [6.07, 6.45) is 0. The molecule has 0 aliphatic heterocycles. The average Bonchev–Trinajstić information content (AvgIpc) is 2.96. The van der Waals surface area contributed by atoms with Gasteiger partial charge in [-0.3, -0.25) is 4.55 Å². The topological polar surface area (TPSA) is 213 Å². The summed E-state index contributed by atoms with van der Waals surface area (Å²) in [4.78, 5) is 10.6. The Labute approximate surface area is 315 Å². The van der Waals surface area contributed by atoms with Crippen LogP contribution in [0.1, 0.15) is 10.4 Å². The maximum Gasteiger partial charge on any atom is 1.00 e. The van der Waals surface area contributed by atoms with Gasteiger partial charge >= 0.3 is 65.1 Å². The van der Waals surface area contributed by atoms with Crippen LogP contribution < -0.4 is 75.1 Å². The van der Waals surface area contributed by atoms with Gasteiger partial charge in [0.25, 0.3) is 10.1 Å². The van der Waals surface area contributed by atoms with Crippen molar-refractivity contribution in [3.63, 3.8) is 0 Å². The van der Waals surface area contributed by atoms with E-state index >= 15 is 0 Å². The molecule has 5 aromatic rings. The molecule has 0 fully saturated rings.